The Kier molecular flexibility index (Phi) is 16.7. The van der Waals surface area contributed by atoms with E-state index in [-0.39, 0.29) is 42.4 Å². The van der Waals surface area contributed by atoms with Crippen LogP contribution in [-0.2, 0) is 46.1 Å². The summed E-state index contributed by atoms with van der Waals surface area (Å²) in [5.74, 6) is 0.0700. The minimum Gasteiger partial charge on any atom is -0.497 e. The Bertz CT molecular complexity index is 1510. The maximum Gasteiger partial charge on any atom is 0.192 e. The molecule has 0 unspecified atom stereocenters. The Hall–Kier alpha value is -2.06. The van der Waals surface area contributed by atoms with Gasteiger partial charge in [0.05, 0.1) is 69.7 Å². The van der Waals surface area contributed by atoms with Crippen molar-refractivity contribution in [2.75, 3.05) is 20.8 Å². The molecule has 328 valence electrons. The van der Waals surface area contributed by atoms with Crippen molar-refractivity contribution in [3.8, 4) is 11.5 Å². The molecule has 1 spiro atoms. The van der Waals surface area contributed by atoms with E-state index in [2.05, 4.69) is 60.6 Å². The number of benzene rings is 2. The maximum atomic E-state index is 11.4. The number of methoxy groups -OCH3 is 2. The minimum absolute atomic E-state index is 0.000506. The summed E-state index contributed by atoms with van der Waals surface area (Å²) < 4.78 is 58.5. The molecule has 0 aromatic heterocycles. The van der Waals surface area contributed by atoms with Crippen LogP contribution in [0.15, 0.2) is 48.5 Å². The van der Waals surface area contributed by atoms with Gasteiger partial charge >= 0.3 is 0 Å². The number of rotatable bonds is 20. The fraction of sp³-hybridized carbons (Fsp3) is 0.745. The molecule has 0 saturated carbocycles. The molecule has 1 N–H and O–H groups in total. The normalized spacial score (nSPS) is 31.2. The summed E-state index contributed by atoms with van der Waals surface area (Å²) in [7, 11) is 1.32. The largest absolute Gasteiger partial charge is 0.497 e. The van der Waals surface area contributed by atoms with Crippen LogP contribution in [0.5, 0.6) is 11.5 Å². The molecule has 2 aromatic carbocycles. The zero-order valence-electron chi connectivity index (χ0n) is 37.6. The van der Waals surface area contributed by atoms with Crippen LogP contribution in [0.1, 0.15) is 118 Å². The van der Waals surface area contributed by atoms with Crippen molar-refractivity contribution < 1.29 is 47.4 Å². The SMILES string of the molecule is CC[C@H](OCc1ccc(OC)cc1)[C@@H](C)[C@H]1OC(C)(C)O[C@@H](C[C@H]2C[C@](C)(O[Si](CC)(CC)CC)C[C@@]3(C[C@@H](O)C[C@H](CCOCc4ccc(OC)cc4)O3)O2)[C@H]1C. The van der Waals surface area contributed by atoms with E-state index in [0.717, 1.165) is 53.6 Å². The number of ether oxygens (including phenoxy) is 8. The van der Waals surface area contributed by atoms with Crippen LogP contribution >= 0.6 is 0 Å². The smallest absolute Gasteiger partial charge is 0.192 e. The Balaban J connectivity index is 1.32. The molecule has 3 aliphatic heterocycles. The highest BCUT2D eigenvalue weighted by Crippen LogP contribution is 2.49. The number of hydrogen-bond donors (Lipinski definition) is 1. The van der Waals surface area contributed by atoms with Crippen LogP contribution in [0.2, 0.25) is 18.1 Å². The molecule has 3 saturated heterocycles. The summed E-state index contributed by atoms with van der Waals surface area (Å²) in [5.41, 5.74) is 1.71. The molecule has 58 heavy (non-hydrogen) atoms. The first-order valence-corrected chi connectivity index (χ1v) is 24.7. The molecular weight excluding hydrogens is 753 g/mol. The average molecular weight is 829 g/mol. The van der Waals surface area contributed by atoms with Crippen molar-refractivity contribution in [1.82, 2.24) is 0 Å². The Morgan fingerprint density at radius 3 is 1.95 bits per heavy atom. The van der Waals surface area contributed by atoms with E-state index in [1.54, 1.807) is 14.2 Å². The lowest BCUT2D eigenvalue weighted by atomic mass is 9.78. The number of hydrogen-bond acceptors (Lipinski definition) is 10. The topological polar surface area (TPSA) is 103 Å². The van der Waals surface area contributed by atoms with Crippen LogP contribution in [0, 0.1) is 11.8 Å². The molecule has 0 bridgehead atoms. The fourth-order valence-corrected chi connectivity index (χ4v) is 13.0. The van der Waals surface area contributed by atoms with Gasteiger partial charge < -0.3 is 47.4 Å². The van der Waals surface area contributed by atoms with Gasteiger partial charge in [0, 0.05) is 44.1 Å². The summed E-state index contributed by atoms with van der Waals surface area (Å²) in [4.78, 5) is 0. The third-order valence-electron chi connectivity index (χ3n) is 13.1. The van der Waals surface area contributed by atoms with E-state index in [9.17, 15) is 5.11 Å². The first-order chi connectivity index (χ1) is 27.6. The standard InChI is InChI=1S/C47H76O10Si/c1-12-42(52-31-36-18-22-39(50-11)23-19-36)33(5)44-34(6)43(55-45(7,8)56-44)27-41-29-46(9,57-58(13-2,14-3)15-4)32-47(54-41)28-37(48)26-40(53-47)24-25-51-30-35-16-20-38(49-10)21-17-35/h16-23,33-34,37,40-44,48H,12-15,24-32H2,1-11H3/t33-,34-,37+,40+,41+,42+,43+,44-,46+,47-/m1/s1. The van der Waals surface area contributed by atoms with Gasteiger partial charge in [-0.05, 0) is 93.6 Å². The Morgan fingerprint density at radius 2 is 1.38 bits per heavy atom. The van der Waals surface area contributed by atoms with Gasteiger partial charge in [-0.3, -0.25) is 0 Å². The second kappa shape index (κ2) is 20.7. The Labute approximate surface area is 351 Å². The summed E-state index contributed by atoms with van der Waals surface area (Å²) >= 11 is 0. The van der Waals surface area contributed by atoms with E-state index in [0.29, 0.717) is 51.9 Å². The highest BCUT2D eigenvalue weighted by molar-refractivity contribution is 6.73. The summed E-state index contributed by atoms with van der Waals surface area (Å²) in [6, 6.07) is 19.2. The van der Waals surface area contributed by atoms with E-state index in [4.69, 9.17) is 42.3 Å². The van der Waals surface area contributed by atoms with E-state index in [1.165, 1.54) is 0 Å². The lowest BCUT2D eigenvalue weighted by Crippen LogP contribution is -2.62. The highest BCUT2D eigenvalue weighted by Gasteiger charge is 2.56. The van der Waals surface area contributed by atoms with Gasteiger partial charge in [-0.25, -0.2) is 0 Å². The molecule has 3 heterocycles. The molecule has 3 fully saturated rings. The lowest BCUT2D eigenvalue weighted by molar-refractivity contribution is -0.363. The second-order valence-electron chi connectivity index (χ2n) is 18.0. The van der Waals surface area contributed by atoms with E-state index >= 15 is 0 Å². The molecule has 0 aliphatic carbocycles. The quantitative estimate of drug-likeness (QED) is 0.103. The van der Waals surface area contributed by atoms with E-state index < -0.39 is 31.6 Å². The predicted molar refractivity (Wildman–Crippen MR) is 230 cm³/mol. The van der Waals surface area contributed by atoms with Crippen LogP contribution in [0.25, 0.3) is 0 Å². The van der Waals surface area contributed by atoms with Crippen LogP contribution in [0.3, 0.4) is 0 Å². The van der Waals surface area contributed by atoms with Crippen LogP contribution in [-0.4, -0.2) is 88.0 Å². The average Bonchev–Trinajstić information content (AvgIpc) is 3.19. The van der Waals surface area contributed by atoms with Crippen molar-refractivity contribution >= 4 is 8.32 Å². The molecule has 2 aromatic rings. The van der Waals surface area contributed by atoms with Gasteiger partial charge in [0.25, 0.3) is 0 Å². The molecule has 0 amide bonds. The number of aliphatic hydroxyl groups excluding tert-OH is 1. The first kappa shape index (κ1) is 47.0. The third-order valence-corrected chi connectivity index (χ3v) is 17.9. The van der Waals surface area contributed by atoms with Crippen molar-refractivity contribution in [3.05, 3.63) is 59.7 Å². The van der Waals surface area contributed by atoms with Gasteiger partial charge in [-0.2, -0.15) is 0 Å². The molecular formula is C47H76O10Si. The molecule has 3 aliphatic rings. The van der Waals surface area contributed by atoms with Gasteiger partial charge in [0.15, 0.2) is 19.9 Å². The van der Waals surface area contributed by atoms with Crippen LogP contribution in [0.4, 0.5) is 0 Å². The van der Waals surface area contributed by atoms with Gasteiger partial charge in [0.1, 0.15) is 11.5 Å². The monoisotopic (exact) mass is 829 g/mol. The van der Waals surface area contributed by atoms with Gasteiger partial charge in [-0.15, -0.1) is 0 Å². The summed E-state index contributed by atoms with van der Waals surface area (Å²) in [6.07, 6.45) is 3.24. The molecule has 0 radical (unpaired) electrons. The third kappa shape index (κ3) is 12.3. The van der Waals surface area contributed by atoms with Crippen molar-refractivity contribution in [1.29, 1.82) is 0 Å². The lowest BCUT2D eigenvalue weighted by Gasteiger charge is -2.55. The van der Waals surface area contributed by atoms with Gasteiger partial charge in [0.2, 0.25) is 0 Å². The first-order valence-electron chi connectivity index (χ1n) is 22.2. The minimum atomic E-state index is -2.03. The van der Waals surface area contributed by atoms with Crippen molar-refractivity contribution in [2.45, 2.75) is 192 Å². The van der Waals surface area contributed by atoms with Crippen molar-refractivity contribution in [2.24, 2.45) is 11.8 Å². The molecule has 5 rings (SSSR count). The number of aliphatic hydroxyl groups is 1. The summed E-state index contributed by atoms with van der Waals surface area (Å²) in [5, 5.41) is 11.4. The Morgan fingerprint density at radius 1 is 0.793 bits per heavy atom. The summed E-state index contributed by atoms with van der Waals surface area (Å²) in [6.45, 7) is 21.4. The van der Waals surface area contributed by atoms with E-state index in [1.807, 2.05) is 50.2 Å². The molecule has 10 atom stereocenters. The maximum absolute atomic E-state index is 11.4. The molecule has 10 nitrogen and oxygen atoms in total. The predicted octanol–water partition coefficient (Wildman–Crippen LogP) is 9.98. The van der Waals surface area contributed by atoms with Crippen LogP contribution < -0.4 is 9.47 Å². The van der Waals surface area contributed by atoms with Crippen molar-refractivity contribution in [3.63, 3.8) is 0 Å². The van der Waals surface area contributed by atoms with Gasteiger partial charge in [-0.1, -0.05) is 65.8 Å². The zero-order valence-corrected chi connectivity index (χ0v) is 38.6. The fourth-order valence-electron chi connectivity index (χ4n) is 9.88. The highest BCUT2D eigenvalue weighted by atomic mass is 28.4. The second-order valence-corrected chi connectivity index (χ2v) is 22.7. The zero-order chi connectivity index (χ0) is 42.1. The molecule has 11 heteroatoms.